The summed E-state index contributed by atoms with van der Waals surface area (Å²) in [4.78, 5) is 12.5. The van der Waals surface area contributed by atoms with Gasteiger partial charge in [-0.05, 0) is 18.6 Å². The summed E-state index contributed by atoms with van der Waals surface area (Å²) in [7, 11) is 0. The Bertz CT molecular complexity index is 395. The molecule has 1 N–H and O–H groups in total. The molecule has 3 nitrogen and oxygen atoms in total. The molecule has 1 aliphatic rings. The van der Waals surface area contributed by atoms with Crippen molar-refractivity contribution in [3.8, 4) is 0 Å². The monoisotopic (exact) mass is 226 g/mol. The number of rotatable bonds is 1. The number of anilines is 2. The van der Waals surface area contributed by atoms with Crippen molar-refractivity contribution in [2.24, 2.45) is 0 Å². The molecule has 0 unspecified atom stereocenters. The lowest BCUT2D eigenvalue weighted by Gasteiger charge is -2.21. The van der Waals surface area contributed by atoms with Gasteiger partial charge in [0.25, 0.3) is 5.91 Å². The van der Waals surface area contributed by atoms with Crippen LogP contribution < -0.4 is 10.2 Å². The second kappa shape index (κ2) is 4.47. The van der Waals surface area contributed by atoms with Gasteiger partial charge in [0.2, 0.25) is 0 Å². The van der Waals surface area contributed by atoms with Crippen molar-refractivity contribution in [2.75, 3.05) is 23.3 Å². The standard InChI is InChI=1S/C11H12F2N2O/c12-10(13)11(16)15-7-3-6-14-8-4-1-2-5-9(8)15/h1-2,4-5,10,14H,3,6-7H2. The number of para-hydroxylation sites is 2. The number of fused-ring (bicyclic) bond motifs is 1. The molecule has 0 saturated carbocycles. The first-order chi connectivity index (χ1) is 7.70. The van der Waals surface area contributed by atoms with E-state index in [1.807, 2.05) is 6.07 Å². The second-order valence-corrected chi connectivity index (χ2v) is 3.59. The van der Waals surface area contributed by atoms with E-state index in [1.165, 1.54) is 0 Å². The SMILES string of the molecule is O=C(C(F)F)N1CCCNc2ccccc21. The van der Waals surface area contributed by atoms with E-state index in [9.17, 15) is 13.6 Å². The van der Waals surface area contributed by atoms with Crippen molar-refractivity contribution in [1.82, 2.24) is 0 Å². The Morgan fingerprint density at radius 2 is 2.12 bits per heavy atom. The fourth-order valence-electron chi connectivity index (χ4n) is 1.79. The number of nitrogens with one attached hydrogen (secondary N) is 1. The zero-order valence-corrected chi connectivity index (χ0v) is 8.62. The lowest BCUT2D eigenvalue weighted by atomic mass is 10.2. The van der Waals surface area contributed by atoms with Gasteiger partial charge in [-0.1, -0.05) is 12.1 Å². The van der Waals surface area contributed by atoms with Gasteiger partial charge < -0.3 is 10.2 Å². The molecule has 16 heavy (non-hydrogen) atoms. The molecule has 1 aromatic carbocycles. The van der Waals surface area contributed by atoms with Gasteiger partial charge in [-0.2, -0.15) is 8.78 Å². The molecule has 0 aromatic heterocycles. The maximum Gasteiger partial charge on any atom is 0.316 e. The third-order valence-electron chi connectivity index (χ3n) is 2.52. The van der Waals surface area contributed by atoms with Gasteiger partial charge in [0.15, 0.2) is 0 Å². The molecule has 1 amide bonds. The van der Waals surface area contributed by atoms with Crippen LogP contribution in [-0.4, -0.2) is 25.4 Å². The number of benzene rings is 1. The third kappa shape index (κ3) is 1.98. The van der Waals surface area contributed by atoms with E-state index in [4.69, 9.17) is 0 Å². The lowest BCUT2D eigenvalue weighted by molar-refractivity contribution is -0.128. The number of carbonyl (C=O) groups is 1. The largest absolute Gasteiger partial charge is 0.383 e. The van der Waals surface area contributed by atoms with E-state index in [1.54, 1.807) is 18.2 Å². The van der Waals surface area contributed by atoms with Gasteiger partial charge in [0.1, 0.15) is 0 Å². The smallest absolute Gasteiger partial charge is 0.316 e. The Kier molecular flexibility index (Phi) is 3.03. The maximum atomic E-state index is 12.4. The van der Waals surface area contributed by atoms with Crippen LogP contribution in [0.5, 0.6) is 0 Å². The number of carbonyl (C=O) groups excluding carboxylic acids is 1. The predicted octanol–water partition coefficient (Wildman–Crippen LogP) is 2.10. The summed E-state index contributed by atoms with van der Waals surface area (Å²) in [5, 5.41) is 3.11. The maximum absolute atomic E-state index is 12.4. The molecule has 1 aliphatic heterocycles. The van der Waals surface area contributed by atoms with Crippen LogP contribution in [0.15, 0.2) is 24.3 Å². The van der Waals surface area contributed by atoms with Crippen molar-refractivity contribution < 1.29 is 13.6 Å². The molecule has 0 spiro atoms. The summed E-state index contributed by atoms with van der Waals surface area (Å²) in [6.07, 6.45) is -2.29. The van der Waals surface area contributed by atoms with Crippen LogP contribution in [0.4, 0.5) is 20.2 Å². The van der Waals surface area contributed by atoms with Crippen molar-refractivity contribution in [1.29, 1.82) is 0 Å². The number of hydrogen-bond donors (Lipinski definition) is 1. The highest BCUT2D eigenvalue weighted by Crippen LogP contribution is 2.28. The molecule has 0 fully saturated rings. The molecule has 1 aromatic rings. The summed E-state index contributed by atoms with van der Waals surface area (Å²) < 4.78 is 24.9. The number of alkyl halides is 2. The molecule has 0 saturated heterocycles. The Labute approximate surface area is 92.1 Å². The van der Waals surface area contributed by atoms with Crippen LogP contribution in [0.1, 0.15) is 6.42 Å². The van der Waals surface area contributed by atoms with Crippen molar-refractivity contribution >= 4 is 17.3 Å². The fourth-order valence-corrected chi connectivity index (χ4v) is 1.79. The minimum Gasteiger partial charge on any atom is -0.383 e. The fraction of sp³-hybridized carbons (Fsp3) is 0.364. The third-order valence-corrected chi connectivity index (χ3v) is 2.52. The van der Waals surface area contributed by atoms with Crippen LogP contribution in [0.3, 0.4) is 0 Å². The average molecular weight is 226 g/mol. The van der Waals surface area contributed by atoms with E-state index in [0.29, 0.717) is 25.2 Å². The molecule has 0 radical (unpaired) electrons. The number of hydrogen-bond acceptors (Lipinski definition) is 2. The molecule has 2 rings (SSSR count). The highest BCUT2D eigenvalue weighted by molar-refractivity contribution is 5.98. The highest BCUT2D eigenvalue weighted by atomic mass is 19.3. The molecule has 0 atom stereocenters. The second-order valence-electron chi connectivity index (χ2n) is 3.59. The van der Waals surface area contributed by atoms with Crippen LogP contribution in [0.25, 0.3) is 0 Å². The first-order valence-corrected chi connectivity index (χ1v) is 5.12. The van der Waals surface area contributed by atoms with Gasteiger partial charge >= 0.3 is 6.43 Å². The highest BCUT2D eigenvalue weighted by Gasteiger charge is 2.27. The molecule has 86 valence electrons. The minimum atomic E-state index is -2.95. The average Bonchev–Trinajstić information content (AvgIpc) is 2.50. The Hall–Kier alpha value is -1.65. The van der Waals surface area contributed by atoms with Crippen molar-refractivity contribution in [2.45, 2.75) is 12.8 Å². The van der Waals surface area contributed by atoms with Gasteiger partial charge in [-0.25, -0.2) is 0 Å². The van der Waals surface area contributed by atoms with E-state index in [2.05, 4.69) is 5.32 Å². The van der Waals surface area contributed by atoms with Crippen LogP contribution in [0.2, 0.25) is 0 Å². The first kappa shape index (κ1) is 10.9. The van der Waals surface area contributed by atoms with Crippen molar-refractivity contribution in [3.63, 3.8) is 0 Å². The van der Waals surface area contributed by atoms with E-state index in [-0.39, 0.29) is 0 Å². The lowest BCUT2D eigenvalue weighted by Crippen LogP contribution is -2.36. The van der Waals surface area contributed by atoms with E-state index >= 15 is 0 Å². The van der Waals surface area contributed by atoms with Gasteiger partial charge in [0, 0.05) is 13.1 Å². The number of nitrogens with zero attached hydrogens (tertiary/aromatic N) is 1. The number of amides is 1. The summed E-state index contributed by atoms with van der Waals surface area (Å²) in [6.45, 7) is 1.01. The molecule has 1 heterocycles. The van der Waals surface area contributed by atoms with Crippen molar-refractivity contribution in [3.05, 3.63) is 24.3 Å². The first-order valence-electron chi connectivity index (χ1n) is 5.12. The molecular weight excluding hydrogens is 214 g/mol. The zero-order valence-electron chi connectivity index (χ0n) is 8.62. The minimum absolute atomic E-state index is 0.327. The topological polar surface area (TPSA) is 32.3 Å². The summed E-state index contributed by atoms with van der Waals surface area (Å²) in [5.41, 5.74) is 1.26. The Morgan fingerprint density at radius 3 is 2.88 bits per heavy atom. The summed E-state index contributed by atoms with van der Waals surface area (Å²) >= 11 is 0. The predicted molar refractivity (Wildman–Crippen MR) is 57.9 cm³/mol. The molecule has 0 aliphatic carbocycles. The van der Waals surface area contributed by atoms with E-state index in [0.717, 1.165) is 10.6 Å². The van der Waals surface area contributed by atoms with Crippen LogP contribution in [-0.2, 0) is 4.79 Å². The Balaban J connectivity index is 2.36. The molecule has 0 bridgehead atoms. The number of halogens is 2. The summed E-state index contributed by atoms with van der Waals surface area (Å²) in [5.74, 6) is -1.13. The summed E-state index contributed by atoms with van der Waals surface area (Å²) in [6, 6.07) is 7.00. The van der Waals surface area contributed by atoms with Crippen LogP contribution in [0, 0.1) is 0 Å². The molecular formula is C11H12F2N2O. The van der Waals surface area contributed by atoms with Gasteiger partial charge in [-0.15, -0.1) is 0 Å². The molecule has 5 heteroatoms. The normalized spacial score (nSPS) is 15.3. The van der Waals surface area contributed by atoms with Gasteiger partial charge in [-0.3, -0.25) is 4.79 Å². The quantitative estimate of drug-likeness (QED) is 0.795. The van der Waals surface area contributed by atoms with Crippen LogP contribution >= 0.6 is 0 Å². The van der Waals surface area contributed by atoms with Gasteiger partial charge in [0.05, 0.1) is 11.4 Å². The Morgan fingerprint density at radius 1 is 1.38 bits per heavy atom. The van der Waals surface area contributed by atoms with E-state index < -0.39 is 12.3 Å². The zero-order chi connectivity index (χ0) is 11.5.